The van der Waals surface area contributed by atoms with Crippen LogP contribution in [0.25, 0.3) is 5.69 Å². The summed E-state index contributed by atoms with van der Waals surface area (Å²) in [6.07, 6.45) is -3.92. The predicted octanol–water partition coefficient (Wildman–Crippen LogP) is 6.01. The van der Waals surface area contributed by atoms with E-state index in [-0.39, 0.29) is 11.4 Å². The number of carbonyl (C=O) groups is 1. The molecule has 146 valence electrons. The van der Waals surface area contributed by atoms with Crippen LogP contribution in [-0.4, -0.2) is 15.7 Å². The Morgan fingerprint density at radius 2 is 1.86 bits per heavy atom. The summed E-state index contributed by atoms with van der Waals surface area (Å²) in [5, 5.41) is 7.60. The minimum atomic E-state index is -4.53. The maximum Gasteiger partial charge on any atom is 0.416 e. The van der Waals surface area contributed by atoms with Gasteiger partial charge in [-0.25, -0.2) is 4.68 Å². The van der Waals surface area contributed by atoms with E-state index in [9.17, 15) is 18.0 Å². The van der Waals surface area contributed by atoms with Gasteiger partial charge in [-0.3, -0.25) is 4.79 Å². The van der Waals surface area contributed by atoms with Gasteiger partial charge in [-0.2, -0.15) is 13.2 Å². The highest BCUT2D eigenvalue weighted by Gasteiger charge is 2.31. The van der Waals surface area contributed by atoms with Gasteiger partial charge in [-0.1, -0.05) is 36.2 Å². The summed E-state index contributed by atoms with van der Waals surface area (Å²) >= 11 is 12.0. The van der Waals surface area contributed by atoms with Crippen molar-refractivity contribution in [3.8, 4) is 5.69 Å². The number of benzene rings is 2. The predicted molar refractivity (Wildman–Crippen MR) is 102 cm³/mol. The third kappa shape index (κ3) is 4.31. The Kier molecular flexibility index (Phi) is 5.67. The topological polar surface area (TPSA) is 46.9 Å². The molecule has 0 aliphatic heterocycles. The van der Waals surface area contributed by atoms with Gasteiger partial charge in [0.1, 0.15) is 0 Å². The Balaban J connectivity index is 1.88. The van der Waals surface area contributed by atoms with Gasteiger partial charge in [0.05, 0.1) is 21.3 Å². The highest BCUT2D eigenvalue weighted by Crippen LogP contribution is 2.30. The van der Waals surface area contributed by atoms with Crippen LogP contribution in [0.1, 0.15) is 28.5 Å². The lowest BCUT2D eigenvalue weighted by Gasteiger charge is -2.08. The van der Waals surface area contributed by atoms with Crippen LogP contribution in [0.4, 0.5) is 19.0 Å². The van der Waals surface area contributed by atoms with E-state index in [1.54, 1.807) is 28.9 Å². The van der Waals surface area contributed by atoms with Crippen molar-refractivity contribution in [2.24, 2.45) is 0 Å². The maximum atomic E-state index is 12.8. The van der Waals surface area contributed by atoms with E-state index < -0.39 is 17.6 Å². The number of hydrogen-bond acceptors (Lipinski definition) is 2. The molecule has 1 heterocycles. The lowest BCUT2D eigenvalue weighted by molar-refractivity contribution is -0.137. The number of aromatic nitrogens is 2. The fraction of sp³-hybridized carbons (Fsp3) is 0.158. The summed E-state index contributed by atoms with van der Waals surface area (Å²) in [5.74, 6) is -0.474. The first-order valence-corrected chi connectivity index (χ1v) is 8.97. The summed E-state index contributed by atoms with van der Waals surface area (Å²) in [6.45, 7) is 1.91. The first-order chi connectivity index (χ1) is 13.2. The number of hydrogen-bond donors (Lipinski definition) is 1. The molecule has 1 amide bonds. The minimum absolute atomic E-state index is 0.114. The van der Waals surface area contributed by atoms with Crippen LogP contribution in [-0.2, 0) is 12.6 Å². The summed E-state index contributed by atoms with van der Waals surface area (Å²) in [4.78, 5) is 12.4. The molecule has 0 saturated carbocycles. The van der Waals surface area contributed by atoms with Crippen molar-refractivity contribution in [2.75, 3.05) is 5.32 Å². The van der Waals surface area contributed by atoms with Crippen LogP contribution in [0.5, 0.6) is 0 Å². The maximum absolute atomic E-state index is 12.8. The molecule has 0 atom stereocenters. The van der Waals surface area contributed by atoms with Crippen LogP contribution in [0.15, 0.2) is 48.5 Å². The fourth-order valence-corrected chi connectivity index (χ4v) is 2.89. The molecule has 0 unspecified atom stereocenters. The lowest BCUT2D eigenvalue weighted by atomic mass is 10.1. The molecule has 0 spiro atoms. The molecule has 28 heavy (non-hydrogen) atoms. The SMILES string of the molecule is CCc1cc(NC(=O)c2cccc(C(F)(F)F)c2)nn1-c1ccc(Cl)c(Cl)c1. The van der Waals surface area contributed by atoms with Gasteiger partial charge in [-0.05, 0) is 42.8 Å². The average molecular weight is 428 g/mol. The van der Waals surface area contributed by atoms with Crippen LogP contribution in [0, 0.1) is 0 Å². The van der Waals surface area contributed by atoms with Crippen molar-refractivity contribution >= 4 is 34.9 Å². The number of rotatable bonds is 4. The molecule has 0 radical (unpaired) electrons. The molecule has 9 heteroatoms. The first-order valence-electron chi connectivity index (χ1n) is 8.22. The van der Waals surface area contributed by atoms with E-state index in [1.165, 1.54) is 12.1 Å². The molecule has 2 aromatic carbocycles. The number of anilines is 1. The summed E-state index contributed by atoms with van der Waals surface area (Å²) < 4.78 is 40.1. The Bertz CT molecular complexity index is 1030. The van der Waals surface area contributed by atoms with E-state index in [2.05, 4.69) is 10.4 Å². The van der Waals surface area contributed by atoms with E-state index in [1.807, 2.05) is 6.92 Å². The zero-order valence-electron chi connectivity index (χ0n) is 14.5. The number of nitrogens with zero attached hydrogens (tertiary/aromatic N) is 2. The van der Waals surface area contributed by atoms with Crippen LogP contribution in [0.3, 0.4) is 0 Å². The van der Waals surface area contributed by atoms with Crippen LogP contribution in [0.2, 0.25) is 10.0 Å². The van der Waals surface area contributed by atoms with E-state index in [0.29, 0.717) is 22.2 Å². The molecule has 0 aliphatic rings. The Morgan fingerprint density at radius 3 is 2.50 bits per heavy atom. The van der Waals surface area contributed by atoms with Gasteiger partial charge in [0.25, 0.3) is 5.91 Å². The van der Waals surface area contributed by atoms with Crippen molar-refractivity contribution in [1.29, 1.82) is 0 Å². The molecule has 0 bridgehead atoms. The number of amides is 1. The summed E-state index contributed by atoms with van der Waals surface area (Å²) in [5.41, 5.74) is 0.413. The number of carbonyl (C=O) groups excluding carboxylic acids is 1. The summed E-state index contributed by atoms with van der Waals surface area (Å²) in [7, 11) is 0. The second kappa shape index (κ2) is 7.85. The van der Waals surface area contributed by atoms with Crippen LogP contribution < -0.4 is 5.32 Å². The molecule has 0 fully saturated rings. The van der Waals surface area contributed by atoms with E-state index >= 15 is 0 Å². The molecule has 3 aromatic rings. The van der Waals surface area contributed by atoms with Crippen molar-refractivity contribution in [3.05, 3.63) is 75.4 Å². The quantitative estimate of drug-likeness (QED) is 0.553. The van der Waals surface area contributed by atoms with Crippen molar-refractivity contribution in [2.45, 2.75) is 19.5 Å². The van der Waals surface area contributed by atoms with E-state index in [4.69, 9.17) is 23.2 Å². The molecular formula is C19H14Cl2F3N3O. The first kappa shape index (κ1) is 20.2. The largest absolute Gasteiger partial charge is 0.416 e. The molecule has 4 nitrogen and oxygen atoms in total. The molecule has 3 rings (SSSR count). The Labute approximate surface area is 168 Å². The minimum Gasteiger partial charge on any atom is -0.305 e. The Morgan fingerprint density at radius 1 is 1.11 bits per heavy atom. The number of nitrogens with one attached hydrogen (secondary N) is 1. The molecule has 1 aromatic heterocycles. The van der Waals surface area contributed by atoms with Gasteiger partial charge in [0.2, 0.25) is 0 Å². The highest BCUT2D eigenvalue weighted by atomic mass is 35.5. The molecule has 0 saturated heterocycles. The molecule has 0 aliphatic carbocycles. The van der Waals surface area contributed by atoms with Crippen molar-refractivity contribution in [1.82, 2.24) is 9.78 Å². The fourth-order valence-electron chi connectivity index (χ4n) is 2.60. The van der Waals surface area contributed by atoms with Crippen LogP contribution >= 0.6 is 23.2 Å². The third-order valence-electron chi connectivity index (χ3n) is 3.99. The summed E-state index contributed by atoms with van der Waals surface area (Å²) in [6, 6.07) is 10.8. The average Bonchev–Trinajstić information content (AvgIpc) is 3.06. The molecule has 1 N–H and O–H groups in total. The Hall–Kier alpha value is -2.51. The zero-order chi connectivity index (χ0) is 20.5. The highest BCUT2D eigenvalue weighted by molar-refractivity contribution is 6.42. The van der Waals surface area contributed by atoms with Gasteiger partial charge >= 0.3 is 6.18 Å². The van der Waals surface area contributed by atoms with Gasteiger partial charge < -0.3 is 5.32 Å². The second-order valence-electron chi connectivity index (χ2n) is 5.92. The van der Waals surface area contributed by atoms with Gasteiger partial charge in [-0.15, -0.1) is 5.10 Å². The van der Waals surface area contributed by atoms with Crippen molar-refractivity contribution < 1.29 is 18.0 Å². The lowest BCUT2D eigenvalue weighted by Crippen LogP contribution is -2.14. The van der Waals surface area contributed by atoms with Gasteiger partial charge in [0, 0.05) is 17.3 Å². The smallest absolute Gasteiger partial charge is 0.305 e. The monoisotopic (exact) mass is 427 g/mol. The van der Waals surface area contributed by atoms with E-state index in [0.717, 1.165) is 17.8 Å². The van der Waals surface area contributed by atoms with Gasteiger partial charge in [0.15, 0.2) is 5.82 Å². The number of aryl methyl sites for hydroxylation is 1. The zero-order valence-corrected chi connectivity index (χ0v) is 16.0. The third-order valence-corrected chi connectivity index (χ3v) is 4.73. The normalized spacial score (nSPS) is 11.5. The second-order valence-corrected chi connectivity index (χ2v) is 6.73. The number of halogens is 5. The van der Waals surface area contributed by atoms with Crippen molar-refractivity contribution in [3.63, 3.8) is 0 Å². The number of alkyl halides is 3. The standard InChI is InChI=1S/C19H14Cl2F3N3O/c1-2-13-10-17(26-27(13)14-6-7-15(20)16(21)9-14)25-18(28)11-4-3-5-12(8-11)19(22,23)24/h3-10H,2H2,1H3,(H,25,26,28). The molecular weight excluding hydrogens is 414 g/mol.